The summed E-state index contributed by atoms with van der Waals surface area (Å²) in [5.74, 6) is -0.163. The number of hydrogen-bond acceptors (Lipinski definition) is 8. The molecule has 0 bridgehead atoms. The number of rotatable bonds is 19. The van der Waals surface area contributed by atoms with Gasteiger partial charge in [0.2, 0.25) is 0 Å². The van der Waals surface area contributed by atoms with Gasteiger partial charge in [0.15, 0.2) is 0 Å². The monoisotopic (exact) mass is 718 g/mol. The Hall–Kier alpha value is -3.68. The quantitative estimate of drug-likeness (QED) is 0.0803. The van der Waals surface area contributed by atoms with Crippen molar-refractivity contribution in [1.29, 1.82) is 0 Å². The normalized spacial score (nSPS) is 21.4. The topological polar surface area (TPSA) is 105 Å². The SMILES string of the molecule is CCCCCC1CCC(c2ccc(C(=O)O[C@H](CC(=O)OC)[C@@H](CC(=O)OC)OC(=O)c3ccc(C4CCC(CCCCC)CC4)cc3)cc2)CC1. The molecule has 0 radical (unpaired) electrons. The highest BCUT2D eigenvalue weighted by Crippen LogP contribution is 2.39. The molecule has 52 heavy (non-hydrogen) atoms. The van der Waals surface area contributed by atoms with Crippen molar-refractivity contribution in [3.8, 4) is 0 Å². The van der Waals surface area contributed by atoms with E-state index in [2.05, 4.69) is 13.8 Å². The standard InChI is InChI=1S/C44H62O8/c1-5-7-9-11-31-13-17-33(18-14-31)35-21-25-37(26-22-35)43(47)51-39(29-41(45)49-3)40(30-42(46)50-4)52-44(48)38-27-23-36(24-28-38)34-19-15-32(16-20-34)12-10-8-6-2/h21-28,31-34,39-40H,5-20,29-30H2,1-4H3/t31?,32?,33?,34?,39-,40-/m1/s1. The number of esters is 4. The molecule has 0 spiro atoms. The van der Waals surface area contributed by atoms with Crippen LogP contribution in [0.4, 0.5) is 0 Å². The number of benzene rings is 2. The van der Waals surface area contributed by atoms with Crippen molar-refractivity contribution in [3.63, 3.8) is 0 Å². The van der Waals surface area contributed by atoms with E-state index in [1.807, 2.05) is 24.3 Å². The minimum atomic E-state index is -1.28. The van der Waals surface area contributed by atoms with E-state index in [0.717, 1.165) is 37.5 Å². The lowest BCUT2D eigenvalue weighted by Crippen LogP contribution is -2.39. The molecule has 286 valence electrons. The van der Waals surface area contributed by atoms with Crippen molar-refractivity contribution < 1.29 is 38.1 Å². The summed E-state index contributed by atoms with van der Waals surface area (Å²) >= 11 is 0. The summed E-state index contributed by atoms with van der Waals surface area (Å²) in [4.78, 5) is 51.8. The zero-order chi connectivity index (χ0) is 37.3. The molecule has 0 saturated heterocycles. The Morgan fingerprint density at radius 2 is 0.885 bits per heavy atom. The van der Waals surface area contributed by atoms with Gasteiger partial charge in [0, 0.05) is 0 Å². The minimum absolute atomic E-state index is 0.306. The van der Waals surface area contributed by atoms with Crippen molar-refractivity contribution in [2.24, 2.45) is 11.8 Å². The molecule has 2 saturated carbocycles. The van der Waals surface area contributed by atoms with Crippen molar-refractivity contribution >= 4 is 23.9 Å². The predicted molar refractivity (Wildman–Crippen MR) is 202 cm³/mol. The number of carbonyl (C=O) groups is 4. The molecule has 2 fully saturated rings. The van der Waals surface area contributed by atoms with E-state index in [1.165, 1.54) is 102 Å². The number of hydrogen-bond donors (Lipinski definition) is 0. The Kier molecular flexibility index (Phi) is 17.2. The summed E-state index contributed by atoms with van der Waals surface area (Å²) in [6, 6.07) is 14.9. The molecular formula is C44H62O8. The Bertz CT molecular complexity index is 1280. The first-order valence-electron chi connectivity index (χ1n) is 20.0. The average molecular weight is 719 g/mol. The van der Waals surface area contributed by atoms with Gasteiger partial charge in [-0.25, -0.2) is 9.59 Å². The first-order valence-corrected chi connectivity index (χ1v) is 20.0. The van der Waals surface area contributed by atoms with E-state index in [-0.39, 0.29) is 0 Å². The third kappa shape index (κ3) is 12.8. The first kappa shape index (κ1) is 41.1. The van der Waals surface area contributed by atoms with Crippen LogP contribution in [0.15, 0.2) is 48.5 Å². The van der Waals surface area contributed by atoms with E-state index in [0.29, 0.717) is 23.0 Å². The molecule has 2 aliphatic carbocycles. The van der Waals surface area contributed by atoms with E-state index in [4.69, 9.17) is 18.9 Å². The van der Waals surface area contributed by atoms with Gasteiger partial charge in [-0.2, -0.15) is 0 Å². The summed E-state index contributed by atoms with van der Waals surface area (Å²) in [7, 11) is 2.45. The maximum Gasteiger partial charge on any atom is 0.338 e. The van der Waals surface area contributed by atoms with E-state index in [1.54, 1.807) is 24.3 Å². The number of carbonyl (C=O) groups excluding carboxylic acids is 4. The molecule has 8 nitrogen and oxygen atoms in total. The van der Waals surface area contributed by atoms with Crippen molar-refractivity contribution in [2.45, 2.75) is 153 Å². The molecule has 2 aromatic rings. The van der Waals surface area contributed by atoms with Gasteiger partial charge in [-0.3, -0.25) is 9.59 Å². The third-order valence-electron chi connectivity index (χ3n) is 11.5. The molecule has 2 aromatic carbocycles. The second-order valence-corrected chi connectivity index (χ2v) is 15.1. The van der Waals surface area contributed by atoms with Gasteiger partial charge < -0.3 is 18.9 Å². The Balaban J connectivity index is 1.39. The van der Waals surface area contributed by atoms with Crippen LogP contribution in [0.5, 0.6) is 0 Å². The summed E-state index contributed by atoms with van der Waals surface area (Å²) in [6.45, 7) is 4.48. The van der Waals surface area contributed by atoms with Crippen molar-refractivity contribution in [3.05, 3.63) is 70.8 Å². The van der Waals surface area contributed by atoms with Crippen LogP contribution < -0.4 is 0 Å². The predicted octanol–water partition coefficient (Wildman–Crippen LogP) is 10.3. The molecule has 2 aliphatic rings. The fraction of sp³-hybridized carbons (Fsp3) is 0.636. The summed E-state index contributed by atoms with van der Waals surface area (Å²) in [5.41, 5.74) is 3.02. The molecule has 4 rings (SSSR count). The summed E-state index contributed by atoms with van der Waals surface area (Å²) < 4.78 is 21.4. The zero-order valence-corrected chi connectivity index (χ0v) is 32.1. The highest BCUT2D eigenvalue weighted by molar-refractivity contribution is 5.91. The zero-order valence-electron chi connectivity index (χ0n) is 32.1. The maximum absolute atomic E-state index is 13.4. The van der Waals surface area contributed by atoms with Crippen LogP contribution in [0.2, 0.25) is 0 Å². The third-order valence-corrected chi connectivity index (χ3v) is 11.5. The number of unbranched alkanes of at least 4 members (excludes halogenated alkanes) is 4. The molecule has 2 atom stereocenters. The minimum Gasteiger partial charge on any atom is -0.469 e. The number of ether oxygens (including phenoxy) is 4. The van der Waals surface area contributed by atoms with Crippen LogP contribution in [0.1, 0.15) is 173 Å². The largest absolute Gasteiger partial charge is 0.469 e. The average Bonchev–Trinajstić information content (AvgIpc) is 3.18. The van der Waals surface area contributed by atoms with Gasteiger partial charge in [0.05, 0.1) is 38.2 Å². The molecule has 0 amide bonds. The summed E-state index contributed by atoms with van der Waals surface area (Å²) in [6.07, 6.45) is 16.5. The Morgan fingerprint density at radius 3 is 1.19 bits per heavy atom. The Labute approximate surface area is 311 Å². The fourth-order valence-corrected chi connectivity index (χ4v) is 8.12. The maximum atomic E-state index is 13.4. The highest BCUT2D eigenvalue weighted by Gasteiger charge is 2.35. The molecule has 0 unspecified atom stereocenters. The number of methoxy groups -OCH3 is 2. The van der Waals surface area contributed by atoms with Crippen LogP contribution >= 0.6 is 0 Å². The van der Waals surface area contributed by atoms with Gasteiger partial charge in [-0.1, -0.05) is 89.5 Å². The van der Waals surface area contributed by atoms with Gasteiger partial charge in [-0.05, 0) is 110 Å². The lowest BCUT2D eigenvalue weighted by atomic mass is 9.77. The highest BCUT2D eigenvalue weighted by atomic mass is 16.6. The van der Waals surface area contributed by atoms with Gasteiger partial charge in [-0.15, -0.1) is 0 Å². The van der Waals surface area contributed by atoms with Gasteiger partial charge in [0.1, 0.15) is 12.2 Å². The molecule has 0 heterocycles. The molecule has 0 aliphatic heterocycles. The van der Waals surface area contributed by atoms with Gasteiger partial charge in [0.25, 0.3) is 0 Å². The molecule has 0 N–H and O–H groups in total. The fourth-order valence-electron chi connectivity index (χ4n) is 8.12. The van der Waals surface area contributed by atoms with Crippen LogP contribution in [0, 0.1) is 11.8 Å². The smallest absolute Gasteiger partial charge is 0.338 e. The molecule has 8 heteroatoms. The lowest BCUT2D eigenvalue weighted by Gasteiger charge is -2.29. The van der Waals surface area contributed by atoms with Gasteiger partial charge >= 0.3 is 23.9 Å². The van der Waals surface area contributed by atoms with Crippen LogP contribution in [0.3, 0.4) is 0 Å². The van der Waals surface area contributed by atoms with E-state index in [9.17, 15) is 19.2 Å². The van der Waals surface area contributed by atoms with Crippen LogP contribution in [-0.4, -0.2) is 50.3 Å². The Morgan fingerprint density at radius 1 is 0.538 bits per heavy atom. The van der Waals surface area contributed by atoms with Crippen molar-refractivity contribution in [2.75, 3.05) is 14.2 Å². The molecular weight excluding hydrogens is 656 g/mol. The van der Waals surface area contributed by atoms with Crippen LogP contribution in [-0.2, 0) is 28.5 Å². The second-order valence-electron chi connectivity index (χ2n) is 15.1. The van der Waals surface area contributed by atoms with E-state index >= 15 is 0 Å². The van der Waals surface area contributed by atoms with Crippen LogP contribution in [0.25, 0.3) is 0 Å². The summed E-state index contributed by atoms with van der Waals surface area (Å²) in [5, 5.41) is 0. The van der Waals surface area contributed by atoms with E-state index < -0.39 is 48.9 Å². The van der Waals surface area contributed by atoms with Crippen molar-refractivity contribution in [1.82, 2.24) is 0 Å². The second kappa shape index (κ2) is 21.8. The molecule has 0 aromatic heterocycles. The lowest BCUT2D eigenvalue weighted by molar-refractivity contribution is -0.150. The first-order chi connectivity index (χ1) is 25.2.